The number of benzene rings is 2. The molecule has 4 aromatic rings. The highest BCUT2D eigenvalue weighted by Crippen LogP contribution is 2.29. The Hall–Kier alpha value is -2.81. The minimum atomic E-state index is -0.174. The molecule has 2 heterocycles. The summed E-state index contributed by atoms with van der Waals surface area (Å²) in [5.41, 5.74) is 4.45. The SMILES string of the molecule is CC(C)c1cccc2ncc(CC(C)(C)c3ncc4ccccc4n3)cc12. The smallest absolute Gasteiger partial charge is 0.134 e. The average molecular weight is 355 g/mol. The Labute approximate surface area is 160 Å². The maximum atomic E-state index is 4.82. The molecule has 0 atom stereocenters. The molecule has 136 valence electrons. The van der Waals surface area contributed by atoms with Crippen LogP contribution < -0.4 is 0 Å². The van der Waals surface area contributed by atoms with Crippen LogP contribution in [0.1, 0.15) is 50.6 Å². The summed E-state index contributed by atoms with van der Waals surface area (Å²) in [6.45, 7) is 8.87. The molecule has 0 bridgehead atoms. The molecule has 0 fully saturated rings. The first-order valence-corrected chi connectivity index (χ1v) is 9.54. The van der Waals surface area contributed by atoms with E-state index in [2.05, 4.69) is 56.9 Å². The Bertz CT molecular complexity index is 1110. The van der Waals surface area contributed by atoms with E-state index in [9.17, 15) is 0 Å². The lowest BCUT2D eigenvalue weighted by atomic mass is 9.84. The van der Waals surface area contributed by atoms with Crippen molar-refractivity contribution in [3.63, 3.8) is 0 Å². The van der Waals surface area contributed by atoms with Crippen LogP contribution in [0.15, 0.2) is 60.9 Å². The van der Waals surface area contributed by atoms with Crippen molar-refractivity contribution in [2.45, 2.75) is 45.4 Å². The van der Waals surface area contributed by atoms with Crippen molar-refractivity contribution in [3.05, 3.63) is 77.9 Å². The van der Waals surface area contributed by atoms with Crippen molar-refractivity contribution in [3.8, 4) is 0 Å². The van der Waals surface area contributed by atoms with E-state index in [1.165, 1.54) is 16.5 Å². The fourth-order valence-corrected chi connectivity index (χ4v) is 3.70. The molecular formula is C24H25N3. The molecule has 0 N–H and O–H groups in total. The van der Waals surface area contributed by atoms with Gasteiger partial charge in [-0.25, -0.2) is 9.97 Å². The lowest BCUT2D eigenvalue weighted by Gasteiger charge is -2.23. The summed E-state index contributed by atoms with van der Waals surface area (Å²) in [5, 5.41) is 2.33. The van der Waals surface area contributed by atoms with Gasteiger partial charge < -0.3 is 0 Å². The molecular weight excluding hydrogens is 330 g/mol. The van der Waals surface area contributed by atoms with E-state index in [0.717, 1.165) is 28.7 Å². The van der Waals surface area contributed by atoms with E-state index in [0.29, 0.717) is 5.92 Å². The number of hydrogen-bond donors (Lipinski definition) is 0. The first kappa shape index (κ1) is 17.6. The first-order chi connectivity index (χ1) is 12.9. The molecule has 3 nitrogen and oxygen atoms in total. The second kappa shape index (κ2) is 6.73. The summed E-state index contributed by atoms with van der Waals surface area (Å²) in [6, 6.07) is 16.8. The number of rotatable bonds is 4. The average Bonchev–Trinajstić information content (AvgIpc) is 2.66. The van der Waals surface area contributed by atoms with Gasteiger partial charge in [0.2, 0.25) is 0 Å². The molecule has 27 heavy (non-hydrogen) atoms. The van der Waals surface area contributed by atoms with Crippen LogP contribution in [0.4, 0.5) is 0 Å². The molecule has 0 saturated heterocycles. The number of nitrogens with zero attached hydrogens (tertiary/aromatic N) is 3. The van der Waals surface area contributed by atoms with Crippen LogP contribution in [0.25, 0.3) is 21.8 Å². The van der Waals surface area contributed by atoms with Gasteiger partial charge in [-0.1, -0.05) is 58.0 Å². The lowest BCUT2D eigenvalue weighted by molar-refractivity contribution is 0.488. The van der Waals surface area contributed by atoms with Crippen molar-refractivity contribution in [1.82, 2.24) is 15.0 Å². The molecule has 3 heteroatoms. The Kier molecular flexibility index (Phi) is 4.39. The Balaban J connectivity index is 1.71. The quantitative estimate of drug-likeness (QED) is 0.463. The first-order valence-electron chi connectivity index (χ1n) is 9.54. The van der Waals surface area contributed by atoms with Crippen LogP contribution in [-0.2, 0) is 11.8 Å². The van der Waals surface area contributed by atoms with E-state index in [-0.39, 0.29) is 5.41 Å². The lowest BCUT2D eigenvalue weighted by Crippen LogP contribution is -2.24. The summed E-state index contributed by atoms with van der Waals surface area (Å²) in [5.74, 6) is 1.35. The Morgan fingerprint density at radius 2 is 1.67 bits per heavy atom. The summed E-state index contributed by atoms with van der Waals surface area (Å²) in [6.07, 6.45) is 4.77. The van der Waals surface area contributed by atoms with Crippen LogP contribution in [-0.4, -0.2) is 15.0 Å². The van der Waals surface area contributed by atoms with E-state index in [1.807, 2.05) is 36.7 Å². The fourth-order valence-electron chi connectivity index (χ4n) is 3.70. The minimum Gasteiger partial charge on any atom is -0.256 e. The molecule has 0 amide bonds. The van der Waals surface area contributed by atoms with Crippen LogP contribution in [0, 0.1) is 0 Å². The van der Waals surface area contributed by atoms with Crippen molar-refractivity contribution in [1.29, 1.82) is 0 Å². The molecule has 0 aliphatic carbocycles. The zero-order valence-electron chi connectivity index (χ0n) is 16.4. The van der Waals surface area contributed by atoms with E-state index >= 15 is 0 Å². The summed E-state index contributed by atoms with van der Waals surface area (Å²) in [7, 11) is 0. The third-order valence-electron chi connectivity index (χ3n) is 5.18. The number of fused-ring (bicyclic) bond motifs is 2. The van der Waals surface area contributed by atoms with E-state index in [4.69, 9.17) is 9.97 Å². The number of pyridine rings is 1. The van der Waals surface area contributed by atoms with Crippen LogP contribution in [0.2, 0.25) is 0 Å². The summed E-state index contributed by atoms with van der Waals surface area (Å²) >= 11 is 0. The second-order valence-corrected chi connectivity index (χ2v) is 8.23. The topological polar surface area (TPSA) is 38.7 Å². The zero-order chi connectivity index (χ0) is 19.0. The standard InChI is InChI=1S/C24H25N3/c1-16(2)19-9-7-11-22-20(19)12-17(14-25-22)13-24(3,4)23-26-15-18-8-5-6-10-21(18)27-23/h5-12,14-16H,13H2,1-4H3. The molecule has 0 spiro atoms. The molecule has 2 aromatic heterocycles. The zero-order valence-corrected chi connectivity index (χ0v) is 16.4. The minimum absolute atomic E-state index is 0.174. The molecule has 0 aliphatic rings. The van der Waals surface area contributed by atoms with E-state index < -0.39 is 0 Å². The molecule has 0 aliphatic heterocycles. The summed E-state index contributed by atoms with van der Waals surface area (Å²) in [4.78, 5) is 14.2. The third-order valence-corrected chi connectivity index (χ3v) is 5.18. The van der Waals surface area contributed by atoms with Crippen molar-refractivity contribution >= 4 is 21.8 Å². The van der Waals surface area contributed by atoms with Gasteiger partial charge in [0, 0.05) is 28.6 Å². The predicted octanol–water partition coefficient (Wildman–Crippen LogP) is 5.82. The monoisotopic (exact) mass is 355 g/mol. The maximum absolute atomic E-state index is 4.82. The third kappa shape index (κ3) is 3.42. The second-order valence-electron chi connectivity index (χ2n) is 8.23. The van der Waals surface area contributed by atoms with Crippen LogP contribution in [0.5, 0.6) is 0 Å². The highest BCUT2D eigenvalue weighted by atomic mass is 14.9. The van der Waals surface area contributed by atoms with Gasteiger partial charge in [-0.3, -0.25) is 4.98 Å². The van der Waals surface area contributed by atoms with Gasteiger partial charge in [0.05, 0.1) is 11.0 Å². The maximum Gasteiger partial charge on any atom is 0.134 e. The highest BCUT2D eigenvalue weighted by molar-refractivity contribution is 5.83. The van der Waals surface area contributed by atoms with Gasteiger partial charge >= 0.3 is 0 Å². The largest absolute Gasteiger partial charge is 0.256 e. The number of aromatic nitrogens is 3. The molecule has 0 saturated carbocycles. The van der Waals surface area contributed by atoms with Gasteiger partial charge in [-0.05, 0) is 41.7 Å². The van der Waals surface area contributed by atoms with Crippen molar-refractivity contribution < 1.29 is 0 Å². The van der Waals surface area contributed by atoms with E-state index in [1.54, 1.807) is 0 Å². The molecule has 0 radical (unpaired) electrons. The van der Waals surface area contributed by atoms with Crippen LogP contribution in [0.3, 0.4) is 0 Å². The molecule has 2 aromatic carbocycles. The highest BCUT2D eigenvalue weighted by Gasteiger charge is 2.25. The van der Waals surface area contributed by atoms with Gasteiger partial charge in [-0.2, -0.15) is 0 Å². The van der Waals surface area contributed by atoms with Gasteiger partial charge in [0.15, 0.2) is 0 Å². The normalized spacial score (nSPS) is 12.2. The van der Waals surface area contributed by atoms with Crippen molar-refractivity contribution in [2.75, 3.05) is 0 Å². The van der Waals surface area contributed by atoms with Crippen LogP contribution >= 0.6 is 0 Å². The number of para-hydroxylation sites is 1. The van der Waals surface area contributed by atoms with Crippen molar-refractivity contribution in [2.24, 2.45) is 0 Å². The van der Waals surface area contributed by atoms with Gasteiger partial charge in [-0.15, -0.1) is 0 Å². The fraction of sp³-hybridized carbons (Fsp3) is 0.292. The van der Waals surface area contributed by atoms with Gasteiger partial charge in [0.1, 0.15) is 5.82 Å². The number of hydrogen-bond acceptors (Lipinski definition) is 3. The molecule has 4 rings (SSSR count). The Morgan fingerprint density at radius 1 is 0.889 bits per heavy atom. The predicted molar refractivity (Wildman–Crippen MR) is 112 cm³/mol. The Morgan fingerprint density at radius 3 is 2.48 bits per heavy atom. The van der Waals surface area contributed by atoms with Gasteiger partial charge in [0.25, 0.3) is 0 Å². The summed E-state index contributed by atoms with van der Waals surface area (Å²) < 4.78 is 0. The molecule has 0 unspecified atom stereocenters.